The molecule has 0 saturated heterocycles. The molecule has 0 radical (unpaired) electrons. The summed E-state index contributed by atoms with van der Waals surface area (Å²) in [6.07, 6.45) is 1.32. The fraction of sp³-hybridized carbons (Fsp3) is 0.300. The van der Waals surface area contributed by atoms with Crippen molar-refractivity contribution in [1.29, 1.82) is 0 Å². The maximum absolute atomic E-state index is 6.49. The fourth-order valence-electron chi connectivity index (χ4n) is 2.65. The van der Waals surface area contributed by atoms with Crippen LogP contribution in [-0.2, 0) is 0 Å². The van der Waals surface area contributed by atoms with Crippen molar-refractivity contribution in [2.24, 2.45) is 11.1 Å². The summed E-state index contributed by atoms with van der Waals surface area (Å²) in [6, 6.07) is 17.8. The number of hydrogen-bond donors (Lipinski definition) is 1. The average molecular weight is 309 g/mol. The first kappa shape index (κ1) is 15.6. The van der Waals surface area contributed by atoms with Crippen LogP contribution in [-0.4, -0.2) is 6.04 Å². The summed E-state index contributed by atoms with van der Waals surface area (Å²) < 4.78 is 11.9. The van der Waals surface area contributed by atoms with Gasteiger partial charge in [0.2, 0.25) is 0 Å². The fourth-order valence-corrected chi connectivity index (χ4v) is 2.65. The number of furan rings is 1. The average Bonchev–Trinajstić information content (AvgIpc) is 3.05. The molecule has 1 heterocycles. The standard InChI is InChI=1S/C20H23NO2/c1-20(2,3)19(21)18(17-12-7-13-22-17)23-16-11-6-9-14-8-4-5-10-15(14)16/h4-13,18-19H,21H2,1-3H3. The van der Waals surface area contributed by atoms with E-state index in [1.807, 2.05) is 36.4 Å². The Bertz CT molecular complexity index is 766. The zero-order valence-corrected chi connectivity index (χ0v) is 13.8. The zero-order chi connectivity index (χ0) is 16.4. The van der Waals surface area contributed by atoms with Gasteiger partial charge in [0.15, 0.2) is 6.10 Å². The Morgan fingerprint density at radius 1 is 0.957 bits per heavy atom. The summed E-state index contributed by atoms with van der Waals surface area (Å²) >= 11 is 0. The first-order chi connectivity index (χ1) is 11.0. The van der Waals surface area contributed by atoms with Crippen LogP contribution >= 0.6 is 0 Å². The number of ether oxygens (including phenoxy) is 1. The molecule has 0 saturated carbocycles. The lowest BCUT2D eigenvalue weighted by Gasteiger charge is -2.33. The van der Waals surface area contributed by atoms with E-state index < -0.39 is 0 Å². The van der Waals surface area contributed by atoms with E-state index >= 15 is 0 Å². The summed E-state index contributed by atoms with van der Waals surface area (Å²) in [6.45, 7) is 6.33. The van der Waals surface area contributed by atoms with Crippen molar-refractivity contribution in [3.63, 3.8) is 0 Å². The van der Waals surface area contributed by atoms with Crippen molar-refractivity contribution in [1.82, 2.24) is 0 Å². The van der Waals surface area contributed by atoms with Crippen LogP contribution in [0.5, 0.6) is 5.75 Å². The van der Waals surface area contributed by atoms with Crippen molar-refractivity contribution in [2.45, 2.75) is 32.9 Å². The van der Waals surface area contributed by atoms with Gasteiger partial charge in [-0.2, -0.15) is 0 Å². The topological polar surface area (TPSA) is 48.4 Å². The van der Waals surface area contributed by atoms with Gasteiger partial charge in [0.25, 0.3) is 0 Å². The minimum absolute atomic E-state index is 0.109. The monoisotopic (exact) mass is 309 g/mol. The molecule has 0 aliphatic carbocycles. The number of fused-ring (bicyclic) bond motifs is 1. The number of nitrogens with two attached hydrogens (primary N) is 1. The maximum Gasteiger partial charge on any atom is 0.171 e. The second kappa shape index (κ2) is 6.09. The van der Waals surface area contributed by atoms with Crippen LogP contribution in [0.15, 0.2) is 65.3 Å². The molecule has 2 N–H and O–H groups in total. The molecule has 2 atom stereocenters. The number of benzene rings is 2. The summed E-state index contributed by atoms with van der Waals surface area (Å²) in [7, 11) is 0. The Kier molecular flexibility index (Phi) is 4.14. The van der Waals surface area contributed by atoms with Crippen molar-refractivity contribution in [2.75, 3.05) is 0 Å². The summed E-state index contributed by atoms with van der Waals surface area (Å²) in [4.78, 5) is 0. The quantitative estimate of drug-likeness (QED) is 0.743. The molecule has 3 heteroatoms. The van der Waals surface area contributed by atoms with E-state index in [0.717, 1.165) is 22.3 Å². The molecule has 3 aromatic rings. The Labute approximate surface area is 137 Å². The van der Waals surface area contributed by atoms with Crippen LogP contribution in [0.4, 0.5) is 0 Å². The highest BCUT2D eigenvalue weighted by atomic mass is 16.5. The van der Waals surface area contributed by atoms with Gasteiger partial charge in [-0.05, 0) is 29.0 Å². The molecule has 3 rings (SSSR count). The van der Waals surface area contributed by atoms with Gasteiger partial charge in [-0.3, -0.25) is 0 Å². The third-order valence-electron chi connectivity index (χ3n) is 4.15. The van der Waals surface area contributed by atoms with Crippen molar-refractivity contribution in [3.8, 4) is 5.75 Å². The van der Waals surface area contributed by atoms with E-state index in [0.29, 0.717) is 0 Å². The molecule has 3 nitrogen and oxygen atoms in total. The van der Waals surface area contributed by atoms with Gasteiger partial charge in [0.1, 0.15) is 11.5 Å². The van der Waals surface area contributed by atoms with Gasteiger partial charge in [-0.15, -0.1) is 0 Å². The SMILES string of the molecule is CC(C)(C)C(N)C(Oc1cccc2ccccc12)c1ccco1. The molecule has 23 heavy (non-hydrogen) atoms. The second-order valence-corrected chi connectivity index (χ2v) is 6.92. The van der Waals surface area contributed by atoms with Gasteiger partial charge in [0.05, 0.1) is 12.3 Å². The molecule has 2 aromatic carbocycles. The molecule has 120 valence electrons. The lowest BCUT2D eigenvalue weighted by molar-refractivity contribution is 0.0965. The van der Waals surface area contributed by atoms with Gasteiger partial charge in [-0.1, -0.05) is 57.2 Å². The van der Waals surface area contributed by atoms with E-state index in [9.17, 15) is 0 Å². The minimum Gasteiger partial charge on any atom is -0.480 e. The second-order valence-electron chi connectivity index (χ2n) is 6.92. The predicted octanol–water partition coefficient (Wildman–Crippen LogP) is 4.93. The van der Waals surface area contributed by atoms with E-state index in [4.69, 9.17) is 14.9 Å². The molecule has 0 aliphatic rings. The molecule has 0 bridgehead atoms. The van der Waals surface area contributed by atoms with Crippen molar-refractivity contribution < 1.29 is 9.15 Å². The maximum atomic E-state index is 6.49. The first-order valence-electron chi connectivity index (χ1n) is 7.90. The van der Waals surface area contributed by atoms with Crippen molar-refractivity contribution >= 4 is 10.8 Å². The van der Waals surface area contributed by atoms with Crippen LogP contribution in [0.1, 0.15) is 32.6 Å². The van der Waals surface area contributed by atoms with Gasteiger partial charge >= 0.3 is 0 Å². The van der Waals surface area contributed by atoms with E-state index in [1.54, 1.807) is 6.26 Å². The molecule has 1 aromatic heterocycles. The molecular weight excluding hydrogens is 286 g/mol. The Morgan fingerprint density at radius 3 is 2.39 bits per heavy atom. The molecule has 0 amide bonds. The largest absolute Gasteiger partial charge is 0.480 e. The Morgan fingerprint density at radius 2 is 1.70 bits per heavy atom. The molecule has 0 aliphatic heterocycles. The highest BCUT2D eigenvalue weighted by molar-refractivity contribution is 5.88. The number of rotatable bonds is 4. The lowest BCUT2D eigenvalue weighted by atomic mass is 9.83. The highest BCUT2D eigenvalue weighted by Gasteiger charge is 2.33. The van der Waals surface area contributed by atoms with E-state index in [-0.39, 0.29) is 17.6 Å². The normalized spacial score (nSPS) is 14.6. The molecular formula is C20H23NO2. The third kappa shape index (κ3) is 3.25. The summed E-state index contributed by atoms with van der Waals surface area (Å²) in [5.74, 6) is 1.57. The predicted molar refractivity (Wildman–Crippen MR) is 93.5 cm³/mol. The molecule has 0 fully saturated rings. The minimum atomic E-state index is -0.337. The summed E-state index contributed by atoms with van der Waals surface area (Å²) in [5.41, 5.74) is 6.38. The van der Waals surface area contributed by atoms with E-state index in [1.165, 1.54) is 0 Å². The van der Waals surface area contributed by atoms with Gasteiger partial charge < -0.3 is 14.9 Å². The number of hydrogen-bond acceptors (Lipinski definition) is 3. The van der Waals surface area contributed by atoms with E-state index in [2.05, 4.69) is 39.0 Å². The van der Waals surface area contributed by atoms with Gasteiger partial charge in [0, 0.05) is 5.39 Å². The highest BCUT2D eigenvalue weighted by Crippen LogP contribution is 2.35. The van der Waals surface area contributed by atoms with Gasteiger partial charge in [-0.25, -0.2) is 0 Å². The summed E-state index contributed by atoms with van der Waals surface area (Å²) in [5, 5.41) is 2.22. The lowest BCUT2D eigenvalue weighted by Crippen LogP contribution is -2.42. The zero-order valence-electron chi connectivity index (χ0n) is 13.8. The Balaban J connectivity index is 2.01. The van der Waals surface area contributed by atoms with Crippen LogP contribution < -0.4 is 10.5 Å². The van der Waals surface area contributed by atoms with Crippen LogP contribution in [0.3, 0.4) is 0 Å². The van der Waals surface area contributed by atoms with Crippen molar-refractivity contribution in [3.05, 3.63) is 66.6 Å². The molecule has 0 spiro atoms. The van der Waals surface area contributed by atoms with Crippen LogP contribution in [0.2, 0.25) is 0 Å². The smallest absolute Gasteiger partial charge is 0.171 e. The Hall–Kier alpha value is -2.26. The third-order valence-corrected chi connectivity index (χ3v) is 4.15. The van der Waals surface area contributed by atoms with Crippen LogP contribution in [0.25, 0.3) is 10.8 Å². The molecule has 2 unspecified atom stereocenters. The van der Waals surface area contributed by atoms with Crippen LogP contribution in [0, 0.1) is 5.41 Å². The first-order valence-corrected chi connectivity index (χ1v) is 7.90.